The lowest BCUT2D eigenvalue weighted by atomic mass is 10.1. The summed E-state index contributed by atoms with van der Waals surface area (Å²) >= 11 is 0. The molecule has 35 heavy (non-hydrogen) atoms. The third-order valence-corrected chi connectivity index (χ3v) is 6.81. The lowest BCUT2D eigenvalue weighted by molar-refractivity contribution is -0.552. The number of hydrogen-bond donors (Lipinski definition) is 0. The van der Waals surface area contributed by atoms with Gasteiger partial charge in [0.25, 0.3) is 17.8 Å². The number of amides is 3. The molecule has 2 aromatic carbocycles. The number of aliphatic imine (C=N–C) groups is 1. The number of carbonyl (C=O) groups is 2. The number of rotatable bonds is 5. The van der Waals surface area contributed by atoms with E-state index >= 15 is 0 Å². The van der Waals surface area contributed by atoms with Crippen LogP contribution in [0.4, 0.5) is 19.3 Å². The smallest absolute Gasteiger partial charge is 0.333 e. The zero-order valence-electron chi connectivity index (χ0n) is 19.7. The number of nitrogens with zero attached hydrogens (tertiary/aromatic N) is 6. The molecule has 10 heteroatoms. The fraction of sp³-hybridized carbons (Fsp3) is 0.360. The second kappa shape index (κ2) is 9.18. The van der Waals surface area contributed by atoms with Crippen LogP contribution in [0.25, 0.3) is 0 Å². The topological polar surface area (TPSA) is 62.5 Å². The van der Waals surface area contributed by atoms with E-state index in [9.17, 15) is 18.4 Å². The van der Waals surface area contributed by atoms with E-state index < -0.39 is 12.1 Å². The van der Waals surface area contributed by atoms with Crippen molar-refractivity contribution in [2.45, 2.75) is 12.6 Å². The van der Waals surface area contributed by atoms with Gasteiger partial charge in [0.1, 0.15) is 24.7 Å². The quantitative estimate of drug-likeness (QED) is 0.613. The van der Waals surface area contributed by atoms with Crippen molar-refractivity contribution in [3.8, 4) is 0 Å². The highest BCUT2D eigenvalue weighted by Gasteiger charge is 2.53. The molecule has 0 bridgehead atoms. The number of fused-ring (bicyclic) bond motifs is 1. The number of halogens is 2. The number of piperazine rings is 1. The molecular weight excluding hydrogens is 454 g/mol. The van der Waals surface area contributed by atoms with Gasteiger partial charge in [-0.15, -0.1) is 0 Å². The highest BCUT2D eigenvalue weighted by Crippen LogP contribution is 2.23. The first kappa shape index (κ1) is 23.1. The second-order valence-electron chi connectivity index (χ2n) is 9.00. The molecule has 3 aliphatic rings. The number of anilines is 1. The van der Waals surface area contributed by atoms with Crippen LogP contribution in [-0.2, 0) is 11.3 Å². The summed E-state index contributed by atoms with van der Waals surface area (Å²) in [6.07, 6.45) is 0. The van der Waals surface area contributed by atoms with E-state index in [-0.39, 0.29) is 17.5 Å². The predicted octanol–water partition coefficient (Wildman–Crippen LogP) is 2.00. The van der Waals surface area contributed by atoms with Crippen LogP contribution in [0.3, 0.4) is 0 Å². The number of hydrogen-bond acceptors (Lipinski definition) is 5. The number of likely N-dealkylation sites (N-methyl/N-ethyl adjacent to an activating group) is 2. The number of benzene rings is 2. The Kier molecular flexibility index (Phi) is 6.06. The highest BCUT2D eigenvalue weighted by atomic mass is 19.1. The molecule has 1 atom stereocenters. The van der Waals surface area contributed by atoms with E-state index in [1.54, 1.807) is 31.3 Å². The molecule has 5 rings (SSSR count). The van der Waals surface area contributed by atoms with Crippen LogP contribution in [0.5, 0.6) is 0 Å². The minimum atomic E-state index is -0.720. The molecule has 3 amide bonds. The minimum Gasteiger partial charge on any atom is -0.367 e. The van der Waals surface area contributed by atoms with Crippen molar-refractivity contribution in [1.82, 2.24) is 14.7 Å². The number of urea groups is 1. The van der Waals surface area contributed by atoms with Gasteiger partial charge in [-0.25, -0.2) is 18.2 Å². The molecule has 2 fully saturated rings. The van der Waals surface area contributed by atoms with Gasteiger partial charge in [0.2, 0.25) is 0 Å². The highest BCUT2D eigenvalue weighted by molar-refractivity contribution is 6.23. The first-order valence-corrected chi connectivity index (χ1v) is 11.6. The second-order valence-corrected chi connectivity index (χ2v) is 9.00. The number of imide groups is 1. The normalized spacial score (nSPS) is 21.1. The Morgan fingerprint density at radius 2 is 1.63 bits per heavy atom. The molecule has 1 unspecified atom stereocenters. The van der Waals surface area contributed by atoms with Crippen LogP contribution in [0.15, 0.2) is 53.5 Å². The van der Waals surface area contributed by atoms with Crippen LogP contribution >= 0.6 is 0 Å². The number of carbonyl (C=O) groups excluding carboxylic acids is 2. The molecule has 3 heterocycles. The van der Waals surface area contributed by atoms with Crippen LogP contribution in [0.1, 0.15) is 5.56 Å². The molecule has 2 aromatic rings. The van der Waals surface area contributed by atoms with Gasteiger partial charge in [0.05, 0.1) is 5.69 Å². The first-order chi connectivity index (χ1) is 16.8. The third-order valence-electron chi connectivity index (χ3n) is 6.81. The molecule has 0 aliphatic carbocycles. The molecule has 0 N–H and O–H groups in total. The molecule has 0 radical (unpaired) electrons. The Balaban J connectivity index is 1.39. The molecule has 2 saturated heterocycles. The fourth-order valence-corrected chi connectivity index (χ4v) is 4.80. The van der Waals surface area contributed by atoms with Crippen molar-refractivity contribution in [2.75, 3.05) is 51.7 Å². The zero-order chi connectivity index (χ0) is 24.7. The van der Waals surface area contributed by atoms with E-state index in [0.29, 0.717) is 56.6 Å². The Morgan fingerprint density at radius 1 is 0.943 bits per heavy atom. The first-order valence-electron chi connectivity index (χ1n) is 11.6. The van der Waals surface area contributed by atoms with Crippen molar-refractivity contribution < 1.29 is 22.9 Å². The van der Waals surface area contributed by atoms with E-state index in [1.807, 2.05) is 15.5 Å². The molecule has 0 spiro atoms. The maximum Gasteiger partial charge on any atom is 0.333 e. The summed E-state index contributed by atoms with van der Waals surface area (Å²) < 4.78 is 29.6. The van der Waals surface area contributed by atoms with Gasteiger partial charge in [-0.05, 0) is 34.8 Å². The van der Waals surface area contributed by atoms with Gasteiger partial charge in [-0.3, -0.25) is 19.5 Å². The average Bonchev–Trinajstić information content (AvgIpc) is 3.21. The lowest BCUT2D eigenvalue weighted by Crippen LogP contribution is -2.61. The summed E-state index contributed by atoms with van der Waals surface area (Å²) in [6.45, 7) is 3.54. The van der Waals surface area contributed by atoms with Crippen LogP contribution in [0, 0.1) is 11.6 Å². The number of amidine groups is 2. The van der Waals surface area contributed by atoms with Gasteiger partial charge in [-0.2, -0.15) is 0 Å². The minimum absolute atomic E-state index is 0.234. The summed E-state index contributed by atoms with van der Waals surface area (Å²) in [5.41, 5.74) is 1.43. The Labute approximate surface area is 202 Å². The van der Waals surface area contributed by atoms with Crippen LogP contribution in [-0.4, -0.2) is 95.7 Å². The maximum absolute atomic E-state index is 14.2. The van der Waals surface area contributed by atoms with Crippen molar-refractivity contribution in [3.05, 3.63) is 65.7 Å². The van der Waals surface area contributed by atoms with Gasteiger partial charge in [0, 0.05) is 40.3 Å². The summed E-state index contributed by atoms with van der Waals surface area (Å²) in [7, 11) is 3.08. The average molecular weight is 482 g/mol. The third kappa shape index (κ3) is 4.29. The molecule has 0 saturated carbocycles. The summed E-state index contributed by atoms with van der Waals surface area (Å²) in [4.78, 5) is 37.1. The van der Waals surface area contributed by atoms with Crippen molar-refractivity contribution in [3.63, 3.8) is 0 Å². The predicted molar refractivity (Wildman–Crippen MR) is 128 cm³/mol. The zero-order valence-corrected chi connectivity index (χ0v) is 19.7. The Hall–Kier alpha value is -3.66. The standard InChI is InChI=1S/C25H27F2N6O2/c1-29-23-22(24(34)30(2)25(29)35)33(15-17-7-9-18(26)10-8-17)21(28-23)16-31-11-13-32(14-12-31)20-6-4-3-5-19(20)27/h3-10,22H,11-16H2,1-2H3/q+1. The molecule has 8 nitrogen and oxygen atoms in total. The summed E-state index contributed by atoms with van der Waals surface area (Å²) in [5.74, 6) is 0.177. The molecular formula is C25H27F2N6O2+. The van der Waals surface area contributed by atoms with Gasteiger partial charge in [-0.1, -0.05) is 24.3 Å². The van der Waals surface area contributed by atoms with Gasteiger partial charge >= 0.3 is 11.9 Å². The maximum atomic E-state index is 14.2. The number of para-hydroxylation sites is 1. The monoisotopic (exact) mass is 481 g/mol. The molecule has 0 aromatic heterocycles. The SMILES string of the molecule is CN1C(=O)C2C(=NC(CN3CCN(c4ccccc4F)CC3)=[N+]2Cc2ccc(F)cc2)N(C)C1=O. The van der Waals surface area contributed by atoms with E-state index in [0.717, 1.165) is 10.5 Å². The summed E-state index contributed by atoms with van der Waals surface area (Å²) in [5, 5.41) is 0. The fourth-order valence-electron chi connectivity index (χ4n) is 4.80. The van der Waals surface area contributed by atoms with E-state index in [1.165, 1.54) is 30.1 Å². The summed E-state index contributed by atoms with van der Waals surface area (Å²) in [6, 6.07) is 11.8. The van der Waals surface area contributed by atoms with Crippen molar-refractivity contribution >= 4 is 29.3 Å². The largest absolute Gasteiger partial charge is 0.367 e. The Morgan fingerprint density at radius 3 is 2.31 bits per heavy atom. The van der Waals surface area contributed by atoms with Gasteiger partial charge in [0.15, 0.2) is 0 Å². The molecule has 182 valence electrons. The Bertz CT molecular complexity index is 1220. The van der Waals surface area contributed by atoms with Gasteiger partial charge < -0.3 is 4.90 Å². The van der Waals surface area contributed by atoms with Crippen molar-refractivity contribution in [2.24, 2.45) is 4.99 Å². The molecule has 3 aliphatic heterocycles. The van der Waals surface area contributed by atoms with Crippen LogP contribution < -0.4 is 4.90 Å². The van der Waals surface area contributed by atoms with E-state index in [2.05, 4.69) is 4.90 Å². The van der Waals surface area contributed by atoms with E-state index in [4.69, 9.17) is 4.99 Å². The van der Waals surface area contributed by atoms with Crippen molar-refractivity contribution in [1.29, 1.82) is 0 Å². The van der Waals surface area contributed by atoms with Crippen LogP contribution in [0.2, 0.25) is 0 Å². The lowest BCUT2D eigenvalue weighted by Gasteiger charge is -2.35.